The maximum absolute atomic E-state index is 10.2. The summed E-state index contributed by atoms with van der Waals surface area (Å²) in [6.45, 7) is 4.52. The summed E-state index contributed by atoms with van der Waals surface area (Å²) < 4.78 is 11.6. The largest absolute Gasteiger partial charge is 0.411 e. The van der Waals surface area contributed by atoms with Gasteiger partial charge in [0, 0.05) is 19.0 Å². The Kier molecular flexibility index (Phi) is 3.06. The number of oxime groups is 1. The molecule has 3 rings (SSSR count). The summed E-state index contributed by atoms with van der Waals surface area (Å²) in [5, 5.41) is 32.1. The van der Waals surface area contributed by atoms with Crippen LogP contribution >= 0.6 is 0 Å². The Morgan fingerprint density at radius 1 is 1.32 bits per heavy atom. The first kappa shape index (κ1) is 13.3. The van der Waals surface area contributed by atoms with Crippen LogP contribution in [0.2, 0.25) is 0 Å². The SMILES string of the molecule is CC1(C)O[C@@H]2[C@H](O1)[C@H](O)CN1C[C@H](CO)/C(=N/O)[C@@H]21. The third-order valence-electron chi connectivity index (χ3n) is 4.18. The summed E-state index contributed by atoms with van der Waals surface area (Å²) in [6.07, 6.45) is -1.44. The van der Waals surface area contributed by atoms with Crippen molar-refractivity contribution in [3.63, 3.8) is 0 Å². The average Bonchev–Trinajstić information content (AvgIpc) is 2.85. The predicted octanol–water partition coefficient (Wildman–Crippen LogP) is -0.996. The summed E-state index contributed by atoms with van der Waals surface area (Å²) in [6, 6.07) is -0.239. The van der Waals surface area contributed by atoms with E-state index in [0.29, 0.717) is 18.8 Å². The van der Waals surface area contributed by atoms with Gasteiger partial charge >= 0.3 is 0 Å². The number of fused-ring (bicyclic) bond motifs is 3. The van der Waals surface area contributed by atoms with Crippen molar-refractivity contribution >= 4 is 5.71 Å². The van der Waals surface area contributed by atoms with E-state index < -0.39 is 18.0 Å². The van der Waals surface area contributed by atoms with Gasteiger partial charge in [-0.3, -0.25) is 4.90 Å². The molecule has 108 valence electrons. The second kappa shape index (κ2) is 4.39. The fourth-order valence-corrected chi connectivity index (χ4v) is 3.48. The molecule has 7 nitrogen and oxygen atoms in total. The number of hydrogen-bond acceptors (Lipinski definition) is 7. The Balaban J connectivity index is 1.92. The Morgan fingerprint density at radius 3 is 2.63 bits per heavy atom. The molecule has 3 aliphatic rings. The molecule has 7 heteroatoms. The maximum atomic E-state index is 10.2. The van der Waals surface area contributed by atoms with Gasteiger partial charge in [0.15, 0.2) is 5.79 Å². The molecule has 0 spiro atoms. The fraction of sp³-hybridized carbons (Fsp3) is 0.917. The highest BCUT2D eigenvalue weighted by molar-refractivity contribution is 5.94. The smallest absolute Gasteiger partial charge is 0.163 e. The molecule has 19 heavy (non-hydrogen) atoms. The number of aliphatic hydroxyl groups excluding tert-OH is 2. The van der Waals surface area contributed by atoms with Crippen LogP contribution in [0.15, 0.2) is 5.16 Å². The summed E-state index contributed by atoms with van der Waals surface area (Å²) in [4.78, 5) is 1.99. The lowest BCUT2D eigenvalue weighted by molar-refractivity contribution is -0.152. The van der Waals surface area contributed by atoms with E-state index in [2.05, 4.69) is 5.16 Å². The van der Waals surface area contributed by atoms with Crippen LogP contribution in [0.4, 0.5) is 0 Å². The third-order valence-corrected chi connectivity index (χ3v) is 4.18. The van der Waals surface area contributed by atoms with E-state index in [-0.39, 0.29) is 24.7 Å². The molecule has 0 amide bonds. The van der Waals surface area contributed by atoms with Crippen molar-refractivity contribution in [2.75, 3.05) is 19.7 Å². The number of rotatable bonds is 1. The molecule has 0 aromatic carbocycles. The minimum Gasteiger partial charge on any atom is -0.411 e. The molecule has 3 saturated heterocycles. The monoisotopic (exact) mass is 272 g/mol. The summed E-state index contributed by atoms with van der Waals surface area (Å²) in [5.41, 5.74) is 0.519. The first-order chi connectivity index (χ1) is 8.96. The summed E-state index contributed by atoms with van der Waals surface area (Å²) >= 11 is 0. The van der Waals surface area contributed by atoms with Gasteiger partial charge < -0.3 is 24.9 Å². The quantitative estimate of drug-likeness (QED) is 0.419. The predicted molar refractivity (Wildman–Crippen MR) is 65.0 cm³/mol. The van der Waals surface area contributed by atoms with Crippen LogP contribution in [0.5, 0.6) is 0 Å². The van der Waals surface area contributed by atoms with Gasteiger partial charge in [-0.1, -0.05) is 5.16 Å². The Morgan fingerprint density at radius 2 is 2.00 bits per heavy atom. The van der Waals surface area contributed by atoms with Gasteiger partial charge in [0.05, 0.1) is 24.5 Å². The highest BCUT2D eigenvalue weighted by Gasteiger charge is 2.58. The van der Waals surface area contributed by atoms with Crippen LogP contribution in [0.1, 0.15) is 13.8 Å². The lowest BCUT2D eigenvalue weighted by Gasteiger charge is -2.38. The first-order valence-electron chi connectivity index (χ1n) is 6.57. The third kappa shape index (κ3) is 1.96. The Labute approximate surface area is 111 Å². The van der Waals surface area contributed by atoms with Crippen molar-refractivity contribution in [1.82, 2.24) is 4.90 Å². The second-order valence-electron chi connectivity index (χ2n) is 5.94. The van der Waals surface area contributed by atoms with Gasteiger partial charge in [0.1, 0.15) is 12.2 Å². The number of nitrogens with zero attached hydrogens (tertiary/aromatic N) is 2. The van der Waals surface area contributed by atoms with Crippen molar-refractivity contribution < 1.29 is 24.9 Å². The van der Waals surface area contributed by atoms with Crippen LogP contribution in [0.25, 0.3) is 0 Å². The molecular formula is C12H20N2O5. The molecular weight excluding hydrogens is 252 g/mol. The first-order valence-corrected chi connectivity index (χ1v) is 6.57. The summed E-state index contributed by atoms with van der Waals surface area (Å²) in [7, 11) is 0. The zero-order chi connectivity index (χ0) is 13.8. The van der Waals surface area contributed by atoms with Crippen LogP contribution in [0, 0.1) is 5.92 Å². The van der Waals surface area contributed by atoms with Crippen LogP contribution in [-0.4, -0.2) is 75.9 Å². The highest BCUT2D eigenvalue weighted by atomic mass is 16.8. The van der Waals surface area contributed by atoms with E-state index in [9.17, 15) is 15.4 Å². The molecule has 0 aromatic heterocycles. The van der Waals surface area contributed by atoms with Gasteiger partial charge in [0.25, 0.3) is 0 Å². The van der Waals surface area contributed by atoms with Gasteiger partial charge in [-0.15, -0.1) is 0 Å². The zero-order valence-corrected chi connectivity index (χ0v) is 11.1. The maximum Gasteiger partial charge on any atom is 0.163 e. The number of aliphatic hydroxyl groups is 2. The fourth-order valence-electron chi connectivity index (χ4n) is 3.48. The minimum atomic E-state index is -0.760. The molecule has 0 radical (unpaired) electrons. The molecule has 0 unspecified atom stereocenters. The van der Waals surface area contributed by atoms with Crippen molar-refractivity contribution in [3.05, 3.63) is 0 Å². The van der Waals surface area contributed by atoms with Gasteiger partial charge in [-0.05, 0) is 13.8 Å². The Bertz CT molecular complexity index is 400. The molecule has 3 N–H and O–H groups in total. The van der Waals surface area contributed by atoms with Crippen molar-refractivity contribution in [1.29, 1.82) is 0 Å². The minimum absolute atomic E-state index is 0.0792. The number of hydrogen-bond donors (Lipinski definition) is 3. The van der Waals surface area contributed by atoms with Crippen LogP contribution < -0.4 is 0 Å². The average molecular weight is 272 g/mol. The molecule has 3 heterocycles. The highest BCUT2D eigenvalue weighted by Crippen LogP contribution is 2.40. The Hall–Kier alpha value is -0.730. The van der Waals surface area contributed by atoms with E-state index >= 15 is 0 Å². The van der Waals surface area contributed by atoms with Gasteiger partial charge in [-0.25, -0.2) is 0 Å². The van der Waals surface area contributed by atoms with Crippen molar-refractivity contribution in [2.45, 2.75) is 44.0 Å². The molecule has 0 aliphatic carbocycles. The summed E-state index contributed by atoms with van der Waals surface area (Å²) in [5.74, 6) is -0.974. The lowest BCUT2D eigenvalue weighted by Crippen LogP contribution is -2.59. The number of piperidine rings is 1. The van der Waals surface area contributed by atoms with Crippen LogP contribution in [-0.2, 0) is 9.47 Å². The zero-order valence-electron chi connectivity index (χ0n) is 11.1. The van der Waals surface area contributed by atoms with E-state index in [4.69, 9.17) is 9.47 Å². The standard InChI is InChI=1S/C12H20N2O5/c1-12(2)18-10-7(16)4-14-3-6(5-15)8(13-17)9(14)11(10)19-12/h6-7,9-11,15-17H,3-5H2,1-2H3/b13-8-/t6-,7-,9+,10-,11+/m1/s1. The molecule has 0 aromatic rings. The van der Waals surface area contributed by atoms with Gasteiger partial charge in [0.2, 0.25) is 0 Å². The topological polar surface area (TPSA) is 94.8 Å². The molecule has 3 fully saturated rings. The van der Waals surface area contributed by atoms with E-state index in [1.807, 2.05) is 4.90 Å². The lowest BCUT2D eigenvalue weighted by atomic mass is 9.91. The van der Waals surface area contributed by atoms with E-state index in [0.717, 1.165) is 0 Å². The van der Waals surface area contributed by atoms with Gasteiger partial charge in [-0.2, -0.15) is 0 Å². The normalized spacial score (nSPS) is 47.4. The van der Waals surface area contributed by atoms with E-state index in [1.165, 1.54) is 0 Å². The van der Waals surface area contributed by atoms with Crippen molar-refractivity contribution in [3.8, 4) is 0 Å². The molecule has 5 atom stereocenters. The molecule has 0 saturated carbocycles. The number of ether oxygens (including phenoxy) is 2. The molecule has 3 aliphatic heterocycles. The second-order valence-corrected chi connectivity index (χ2v) is 5.94. The molecule has 0 bridgehead atoms. The van der Waals surface area contributed by atoms with Crippen LogP contribution in [0.3, 0.4) is 0 Å². The van der Waals surface area contributed by atoms with E-state index in [1.54, 1.807) is 13.8 Å². The van der Waals surface area contributed by atoms with Crippen molar-refractivity contribution in [2.24, 2.45) is 11.1 Å².